The number of nitrogens with zero attached hydrogens (tertiary/aromatic N) is 4. The minimum atomic E-state index is -3.77. The Morgan fingerprint density at radius 3 is 2.53 bits per heavy atom. The smallest absolute Gasteiger partial charge is 0.277 e. The molecule has 200 valence electrons. The second-order valence-corrected chi connectivity index (χ2v) is 11.6. The molecule has 3 aromatic rings. The standard InChI is InChI=1S/C25H23F4N5O3S/c1-12-15(11-30-34(12)2)13-4-5-17(22(6-13)38(3,36)37)32-18-7-14(8-21(35)16-10-25(16,28)29)31-19-9-20(24(26)27)33-23(18)19/h4-7,11,16,24H,8-10H2,1-3H3,(H,31,32)/t16-/m1/s1. The summed E-state index contributed by atoms with van der Waals surface area (Å²) < 4.78 is 80.8. The van der Waals surface area contributed by atoms with Crippen molar-refractivity contribution in [3.8, 4) is 11.1 Å². The monoisotopic (exact) mass is 549 g/mol. The van der Waals surface area contributed by atoms with E-state index in [0.29, 0.717) is 5.56 Å². The van der Waals surface area contributed by atoms with Gasteiger partial charge in [-0.25, -0.2) is 31.0 Å². The molecular formula is C25H23F4N5O3S. The summed E-state index contributed by atoms with van der Waals surface area (Å²) in [6.45, 7) is 1.84. The normalized spacial score (nSPS) is 17.9. The first-order valence-electron chi connectivity index (χ1n) is 11.6. The van der Waals surface area contributed by atoms with Crippen LogP contribution in [0.3, 0.4) is 0 Å². The number of Topliss-reactive ketones (excluding diaryl/α,β-unsaturated/α-hetero) is 1. The molecule has 2 aliphatic rings. The van der Waals surface area contributed by atoms with Crippen molar-refractivity contribution in [2.75, 3.05) is 11.6 Å². The summed E-state index contributed by atoms with van der Waals surface area (Å²) >= 11 is 0. The van der Waals surface area contributed by atoms with E-state index in [4.69, 9.17) is 0 Å². The Balaban J connectivity index is 1.56. The highest BCUT2D eigenvalue weighted by Crippen LogP contribution is 2.49. The minimum absolute atomic E-state index is 0.0601. The Morgan fingerprint density at radius 1 is 1.24 bits per heavy atom. The average molecular weight is 550 g/mol. The van der Waals surface area contributed by atoms with Crippen LogP contribution < -0.4 is 5.32 Å². The van der Waals surface area contributed by atoms with Gasteiger partial charge in [0.05, 0.1) is 45.5 Å². The number of benzene rings is 1. The first kappa shape index (κ1) is 26.0. The maximum Gasteiger partial charge on any atom is 0.277 e. The summed E-state index contributed by atoms with van der Waals surface area (Å²) in [5.74, 6) is -5.13. The number of aliphatic imine (C=N–C) groups is 1. The molecule has 13 heteroatoms. The first-order valence-corrected chi connectivity index (χ1v) is 13.5. The number of ketones is 1. The molecule has 1 saturated carbocycles. The van der Waals surface area contributed by atoms with E-state index < -0.39 is 52.4 Å². The molecule has 1 atom stereocenters. The number of fused-ring (bicyclic) bond motifs is 1. The van der Waals surface area contributed by atoms with E-state index in [1.807, 2.05) is 6.92 Å². The van der Waals surface area contributed by atoms with E-state index in [9.17, 15) is 30.8 Å². The van der Waals surface area contributed by atoms with Crippen LogP contribution in [0.2, 0.25) is 0 Å². The maximum atomic E-state index is 13.4. The lowest BCUT2D eigenvalue weighted by Crippen LogP contribution is -2.13. The summed E-state index contributed by atoms with van der Waals surface area (Å²) in [6.07, 6.45) is -1.40. The van der Waals surface area contributed by atoms with Crippen LogP contribution in [0.1, 0.15) is 23.5 Å². The number of alkyl halides is 4. The molecule has 1 fully saturated rings. The number of rotatable bonds is 8. The third-order valence-corrected chi connectivity index (χ3v) is 7.88. The number of carbonyl (C=O) groups excluding carboxylic acids is 1. The summed E-state index contributed by atoms with van der Waals surface area (Å²) in [4.78, 5) is 20.5. The van der Waals surface area contributed by atoms with Crippen LogP contribution in [0.4, 0.5) is 34.6 Å². The van der Waals surface area contributed by atoms with Crippen LogP contribution in [0.5, 0.6) is 0 Å². The first-order chi connectivity index (χ1) is 17.7. The quantitative estimate of drug-likeness (QED) is 0.412. The molecule has 0 amide bonds. The van der Waals surface area contributed by atoms with Gasteiger partial charge >= 0.3 is 0 Å². The lowest BCUT2D eigenvalue weighted by Gasteiger charge is -2.16. The molecule has 1 aliphatic heterocycles. The highest BCUT2D eigenvalue weighted by molar-refractivity contribution is 7.90. The SMILES string of the molecule is Cc1c(-c2ccc(Nc3cc(CC(=O)[C@H]4CC4(F)F)nc4c3N=C(C(F)F)C4)c(S(C)(=O)=O)c2)cnn1C. The number of aromatic nitrogens is 3. The van der Waals surface area contributed by atoms with E-state index in [0.717, 1.165) is 17.5 Å². The van der Waals surface area contributed by atoms with Crippen LogP contribution in [0.15, 0.2) is 40.4 Å². The van der Waals surface area contributed by atoms with Gasteiger partial charge in [0.15, 0.2) is 9.84 Å². The van der Waals surface area contributed by atoms with E-state index in [1.54, 1.807) is 24.0 Å². The number of halogens is 4. The molecule has 0 radical (unpaired) electrons. The molecule has 5 rings (SSSR count). The van der Waals surface area contributed by atoms with E-state index >= 15 is 0 Å². The second-order valence-electron chi connectivity index (χ2n) is 9.57. The van der Waals surface area contributed by atoms with Crippen LogP contribution in [-0.2, 0) is 34.5 Å². The summed E-state index contributed by atoms with van der Waals surface area (Å²) in [6, 6.07) is 6.07. The molecule has 1 aromatic carbocycles. The Kier molecular flexibility index (Phi) is 6.16. The lowest BCUT2D eigenvalue weighted by molar-refractivity contribution is -0.121. The fourth-order valence-electron chi connectivity index (χ4n) is 4.45. The van der Waals surface area contributed by atoms with Crippen molar-refractivity contribution in [3.63, 3.8) is 0 Å². The van der Waals surface area contributed by atoms with Crippen LogP contribution in [0.25, 0.3) is 11.1 Å². The van der Waals surface area contributed by atoms with E-state index in [1.165, 1.54) is 18.2 Å². The number of sulfone groups is 1. The number of carbonyl (C=O) groups is 1. The molecule has 0 unspecified atom stereocenters. The molecule has 0 bridgehead atoms. The second kappa shape index (κ2) is 9.00. The van der Waals surface area contributed by atoms with Gasteiger partial charge in [-0.1, -0.05) is 6.07 Å². The van der Waals surface area contributed by atoms with Gasteiger partial charge in [-0.15, -0.1) is 0 Å². The zero-order chi connectivity index (χ0) is 27.6. The van der Waals surface area contributed by atoms with Crippen molar-refractivity contribution in [2.24, 2.45) is 18.0 Å². The molecule has 0 spiro atoms. The van der Waals surface area contributed by atoms with Crippen molar-refractivity contribution < 1.29 is 30.8 Å². The number of anilines is 2. The third-order valence-electron chi connectivity index (χ3n) is 6.74. The van der Waals surface area contributed by atoms with Crippen molar-refractivity contribution in [3.05, 3.63) is 47.5 Å². The van der Waals surface area contributed by atoms with Crippen LogP contribution in [0, 0.1) is 12.8 Å². The van der Waals surface area contributed by atoms with Gasteiger partial charge < -0.3 is 5.32 Å². The van der Waals surface area contributed by atoms with E-state index in [-0.39, 0.29) is 39.8 Å². The summed E-state index contributed by atoms with van der Waals surface area (Å²) in [5.41, 5.74) is 2.37. The van der Waals surface area contributed by atoms with E-state index in [2.05, 4.69) is 20.4 Å². The van der Waals surface area contributed by atoms with Crippen molar-refractivity contribution in [1.82, 2.24) is 14.8 Å². The van der Waals surface area contributed by atoms with Gasteiger partial charge in [-0.05, 0) is 30.7 Å². The number of aryl methyl sites for hydroxylation is 1. The molecule has 0 saturated heterocycles. The topological polar surface area (TPSA) is 106 Å². The highest BCUT2D eigenvalue weighted by atomic mass is 32.2. The van der Waals surface area contributed by atoms with Crippen LogP contribution >= 0.6 is 0 Å². The van der Waals surface area contributed by atoms with Gasteiger partial charge in [0.1, 0.15) is 11.5 Å². The van der Waals surface area contributed by atoms with Gasteiger partial charge in [0.25, 0.3) is 12.3 Å². The predicted octanol–water partition coefficient (Wildman–Crippen LogP) is 4.60. The van der Waals surface area contributed by atoms with Crippen molar-refractivity contribution in [1.29, 1.82) is 0 Å². The number of nitrogens with one attached hydrogen (secondary N) is 1. The van der Waals surface area contributed by atoms with Gasteiger partial charge in [-0.3, -0.25) is 14.5 Å². The van der Waals surface area contributed by atoms with Gasteiger partial charge in [-0.2, -0.15) is 5.10 Å². The number of hydrogen-bond donors (Lipinski definition) is 1. The lowest BCUT2D eigenvalue weighted by atomic mass is 10.1. The van der Waals surface area contributed by atoms with Gasteiger partial charge in [0.2, 0.25) is 0 Å². The largest absolute Gasteiger partial charge is 0.353 e. The zero-order valence-electron chi connectivity index (χ0n) is 20.6. The molecule has 8 nitrogen and oxygen atoms in total. The summed E-state index contributed by atoms with van der Waals surface area (Å²) in [5, 5.41) is 7.15. The minimum Gasteiger partial charge on any atom is -0.353 e. The summed E-state index contributed by atoms with van der Waals surface area (Å²) in [7, 11) is -2.01. The Bertz CT molecular complexity index is 1620. The molecular weight excluding hydrogens is 526 g/mol. The fourth-order valence-corrected chi connectivity index (χ4v) is 5.31. The Morgan fingerprint density at radius 2 is 1.95 bits per heavy atom. The maximum absolute atomic E-state index is 13.4. The average Bonchev–Trinajstić information content (AvgIpc) is 3.12. The molecule has 3 heterocycles. The molecule has 38 heavy (non-hydrogen) atoms. The van der Waals surface area contributed by atoms with Crippen molar-refractivity contribution >= 4 is 38.4 Å². The number of pyridine rings is 1. The van der Waals surface area contributed by atoms with Crippen LogP contribution in [-0.4, -0.2) is 53.3 Å². The Hall–Kier alpha value is -3.61. The number of hydrogen-bond acceptors (Lipinski definition) is 7. The predicted molar refractivity (Wildman–Crippen MR) is 133 cm³/mol. The van der Waals surface area contributed by atoms with Gasteiger partial charge in [0, 0.05) is 43.8 Å². The fraction of sp³-hybridized carbons (Fsp3) is 0.360. The Labute approximate surface area is 215 Å². The molecule has 1 N–H and O–H groups in total. The van der Waals surface area contributed by atoms with Crippen molar-refractivity contribution in [2.45, 2.75) is 43.4 Å². The molecule has 1 aliphatic carbocycles. The zero-order valence-corrected chi connectivity index (χ0v) is 21.4. The highest BCUT2D eigenvalue weighted by Gasteiger charge is 2.60. The third kappa shape index (κ3) is 4.82. The molecule has 2 aromatic heterocycles.